The Morgan fingerprint density at radius 2 is 1.85 bits per heavy atom. The fourth-order valence-electron chi connectivity index (χ4n) is 2.39. The summed E-state index contributed by atoms with van der Waals surface area (Å²) in [7, 11) is 1.92. The van der Waals surface area contributed by atoms with Gasteiger partial charge in [-0.3, -0.25) is 4.79 Å². The summed E-state index contributed by atoms with van der Waals surface area (Å²) < 4.78 is 1.93. The van der Waals surface area contributed by atoms with Gasteiger partial charge in [0.1, 0.15) is 5.82 Å². The van der Waals surface area contributed by atoms with Crippen molar-refractivity contribution in [2.75, 3.05) is 5.32 Å². The van der Waals surface area contributed by atoms with Crippen molar-refractivity contribution in [1.82, 2.24) is 14.8 Å². The summed E-state index contributed by atoms with van der Waals surface area (Å²) in [6.45, 7) is 1.84. The molecule has 26 heavy (non-hydrogen) atoms. The molecule has 3 rings (SSSR count). The average molecular weight is 387 g/mol. The van der Waals surface area contributed by atoms with Crippen molar-refractivity contribution in [2.45, 2.75) is 23.8 Å². The van der Waals surface area contributed by atoms with E-state index >= 15 is 0 Å². The normalized spacial score (nSPS) is 12.0. The van der Waals surface area contributed by atoms with Gasteiger partial charge in [0.05, 0.1) is 16.0 Å². The Labute approximate surface area is 161 Å². The van der Waals surface area contributed by atoms with Gasteiger partial charge in [0.15, 0.2) is 5.16 Å². The van der Waals surface area contributed by atoms with E-state index in [1.165, 1.54) is 17.3 Å². The number of benzene rings is 2. The molecule has 1 atom stereocenters. The largest absolute Gasteiger partial charge is 0.324 e. The number of nitrogens with zero attached hydrogens (tertiary/aromatic N) is 3. The lowest BCUT2D eigenvalue weighted by Gasteiger charge is -2.12. The first kappa shape index (κ1) is 18.5. The first-order valence-corrected chi connectivity index (χ1v) is 9.44. The zero-order chi connectivity index (χ0) is 18.5. The van der Waals surface area contributed by atoms with Crippen molar-refractivity contribution in [1.29, 1.82) is 0 Å². The molecule has 0 unspecified atom stereocenters. The summed E-state index contributed by atoms with van der Waals surface area (Å²) in [6, 6.07) is 17.3. The third-order valence-corrected chi connectivity index (χ3v) is 5.38. The van der Waals surface area contributed by atoms with Crippen molar-refractivity contribution in [3.63, 3.8) is 0 Å². The van der Waals surface area contributed by atoms with Crippen LogP contribution in [0.2, 0.25) is 5.02 Å². The summed E-state index contributed by atoms with van der Waals surface area (Å²) in [6.07, 6.45) is 0.700. The number of carbonyl (C=O) groups is 1. The monoisotopic (exact) mass is 386 g/mol. The molecule has 0 aliphatic rings. The fourth-order valence-corrected chi connectivity index (χ4v) is 3.41. The van der Waals surface area contributed by atoms with Crippen LogP contribution in [0.4, 0.5) is 5.69 Å². The number of aromatic nitrogens is 3. The predicted octanol–water partition coefficient (Wildman–Crippen LogP) is 4.18. The van der Waals surface area contributed by atoms with Crippen LogP contribution >= 0.6 is 23.4 Å². The maximum absolute atomic E-state index is 12.4. The molecule has 3 aromatic rings. The summed E-state index contributed by atoms with van der Waals surface area (Å²) in [5, 5.41) is 12.2. The van der Waals surface area contributed by atoms with Crippen LogP contribution in [0.1, 0.15) is 18.3 Å². The lowest BCUT2D eigenvalue weighted by Crippen LogP contribution is -2.23. The Balaban J connectivity index is 1.65. The summed E-state index contributed by atoms with van der Waals surface area (Å²) in [4.78, 5) is 12.4. The second-order valence-corrected chi connectivity index (χ2v) is 7.56. The van der Waals surface area contributed by atoms with Gasteiger partial charge in [-0.25, -0.2) is 0 Å². The van der Waals surface area contributed by atoms with E-state index in [1.807, 2.05) is 48.9 Å². The molecule has 2 aromatic carbocycles. The minimum Gasteiger partial charge on any atom is -0.324 e. The first-order valence-electron chi connectivity index (χ1n) is 8.19. The number of amides is 1. The van der Waals surface area contributed by atoms with Crippen LogP contribution in [0.3, 0.4) is 0 Å². The van der Waals surface area contributed by atoms with E-state index in [9.17, 15) is 4.79 Å². The zero-order valence-corrected chi connectivity index (χ0v) is 16.1. The quantitative estimate of drug-likeness (QED) is 0.645. The van der Waals surface area contributed by atoms with Gasteiger partial charge in [-0.15, -0.1) is 10.2 Å². The van der Waals surface area contributed by atoms with Gasteiger partial charge in [-0.05, 0) is 24.6 Å². The lowest BCUT2D eigenvalue weighted by atomic mass is 10.1. The summed E-state index contributed by atoms with van der Waals surface area (Å²) in [5.41, 5.74) is 1.78. The van der Waals surface area contributed by atoms with Crippen LogP contribution in [0.5, 0.6) is 0 Å². The molecule has 7 heteroatoms. The van der Waals surface area contributed by atoms with E-state index in [0.717, 1.165) is 5.82 Å². The van der Waals surface area contributed by atoms with E-state index in [-0.39, 0.29) is 11.2 Å². The van der Waals surface area contributed by atoms with Crippen LogP contribution in [0.25, 0.3) is 0 Å². The maximum atomic E-state index is 12.4. The predicted molar refractivity (Wildman–Crippen MR) is 106 cm³/mol. The molecule has 1 aromatic heterocycles. The molecule has 0 spiro atoms. The van der Waals surface area contributed by atoms with Crippen LogP contribution in [-0.2, 0) is 18.3 Å². The molecule has 0 radical (unpaired) electrons. The third-order valence-electron chi connectivity index (χ3n) is 3.91. The number of hydrogen-bond acceptors (Lipinski definition) is 4. The lowest BCUT2D eigenvalue weighted by molar-refractivity contribution is -0.115. The van der Waals surface area contributed by atoms with Gasteiger partial charge >= 0.3 is 0 Å². The highest BCUT2D eigenvalue weighted by Gasteiger charge is 2.19. The van der Waals surface area contributed by atoms with E-state index < -0.39 is 0 Å². The zero-order valence-electron chi connectivity index (χ0n) is 14.5. The number of nitrogens with one attached hydrogen (secondary N) is 1. The number of halogens is 1. The molecular weight excluding hydrogens is 368 g/mol. The Kier molecular flexibility index (Phi) is 5.96. The minimum atomic E-state index is -0.334. The van der Waals surface area contributed by atoms with Crippen LogP contribution in [0.15, 0.2) is 59.8 Å². The molecule has 5 nitrogen and oxygen atoms in total. The van der Waals surface area contributed by atoms with Gasteiger partial charge in [-0.2, -0.15) is 0 Å². The molecule has 1 N–H and O–H groups in total. The topological polar surface area (TPSA) is 59.8 Å². The highest BCUT2D eigenvalue weighted by Crippen LogP contribution is 2.25. The highest BCUT2D eigenvalue weighted by atomic mass is 35.5. The Morgan fingerprint density at radius 3 is 2.58 bits per heavy atom. The van der Waals surface area contributed by atoms with Gasteiger partial charge in [-0.1, -0.05) is 65.8 Å². The smallest absolute Gasteiger partial charge is 0.237 e. The van der Waals surface area contributed by atoms with Crippen molar-refractivity contribution >= 4 is 35.0 Å². The molecule has 1 heterocycles. The minimum absolute atomic E-state index is 0.129. The van der Waals surface area contributed by atoms with E-state index in [4.69, 9.17) is 11.6 Å². The Morgan fingerprint density at radius 1 is 1.15 bits per heavy atom. The second kappa shape index (κ2) is 8.38. The van der Waals surface area contributed by atoms with Crippen molar-refractivity contribution in [3.05, 3.63) is 71.0 Å². The van der Waals surface area contributed by atoms with Crippen LogP contribution < -0.4 is 5.32 Å². The number of para-hydroxylation sites is 1. The number of anilines is 1. The highest BCUT2D eigenvalue weighted by molar-refractivity contribution is 8.00. The molecule has 0 aliphatic carbocycles. The summed E-state index contributed by atoms with van der Waals surface area (Å²) >= 11 is 7.46. The summed E-state index contributed by atoms with van der Waals surface area (Å²) in [5.74, 6) is 0.730. The average Bonchev–Trinajstić information content (AvgIpc) is 2.98. The molecular formula is C19H19ClN4OS. The fraction of sp³-hybridized carbons (Fsp3) is 0.211. The SMILES string of the molecule is C[C@H](Sc1nnc(Cc2ccccc2)n1C)C(=O)Nc1ccccc1Cl. The first-order chi connectivity index (χ1) is 12.5. The van der Waals surface area contributed by atoms with E-state index in [1.54, 1.807) is 12.1 Å². The van der Waals surface area contributed by atoms with Gasteiger partial charge in [0.25, 0.3) is 0 Å². The maximum Gasteiger partial charge on any atom is 0.237 e. The molecule has 0 saturated carbocycles. The standard InChI is InChI=1S/C19H19ClN4OS/c1-13(18(25)21-16-11-7-6-10-15(16)20)26-19-23-22-17(24(19)2)12-14-8-4-3-5-9-14/h3-11,13H,12H2,1-2H3,(H,21,25)/t13-/m0/s1. The third kappa shape index (κ3) is 4.45. The van der Waals surface area contributed by atoms with Crippen molar-refractivity contribution in [2.24, 2.45) is 7.05 Å². The number of hydrogen-bond donors (Lipinski definition) is 1. The van der Waals surface area contributed by atoms with Crippen molar-refractivity contribution < 1.29 is 4.79 Å². The Bertz CT molecular complexity index is 898. The van der Waals surface area contributed by atoms with Gasteiger partial charge in [0, 0.05) is 13.5 Å². The van der Waals surface area contributed by atoms with E-state index in [2.05, 4.69) is 27.6 Å². The molecule has 0 fully saturated rings. The molecule has 0 bridgehead atoms. The number of thioether (sulfide) groups is 1. The van der Waals surface area contributed by atoms with Crippen molar-refractivity contribution in [3.8, 4) is 0 Å². The molecule has 1 amide bonds. The Hall–Kier alpha value is -2.31. The van der Waals surface area contributed by atoms with Gasteiger partial charge < -0.3 is 9.88 Å². The van der Waals surface area contributed by atoms with Gasteiger partial charge in [0.2, 0.25) is 5.91 Å². The van der Waals surface area contributed by atoms with Crippen LogP contribution in [0, 0.1) is 0 Å². The molecule has 134 valence electrons. The second-order valence-electron chi connectivity index (χ2n) is 5.85. The molecule has 0 aliphatic heterocycles. The van der Waals surface area contributed by atoms with Crippen LogP contribution in [-0.4, -0.2) is 25.9 Å². The number of carbonyl (C=O) groups excluding carboxylic acids is 1. The number of rotatable bonds is 6. The molecule has 0 saturated heterocycles. The van der Waals surface area contributed by atoms with E-state index in [0.29, 0.717) is 22.3 Å².